The molecule has 0 unspecified atom stereocenters. The maximum Gasteiger partial charge on any atom is 0.331 e. The minimum Gasteiger partial charge on any atom is -0.497 e. The van der Waals surface area contributed by atoms with Gasteiger partial charge in [-0.05, 0) is 18.2 Å². The molecule has 5 nitrogen and oxygen atoms in total. The van der Waals surface area contributed by atoms with Crippen molar-refractivity contribution in [2.24, 2.45) is 0 Å². The molecule has 22 heavy (non-hydrogen) atoms. The standard InChI is InChI=1S/C15H10FN3O2S/c1-21-8-2-3-9(10(16)6-8)12-7-11-13(22-12)14-17-4-5-19(14)15(20)18-11/h2-7H,1H3,(H,18,20). The number of hydrogen-bond donors (Lipinski definition) is 1. The van der Waals surface area contributed by atoms with Crippen molar-refractivity contribution in [1.82, 2.24) is 14.4 Å². The first-order valence-corrected chi connectivity index (χ1v) is 7.32. The molecule has 4 rings (SSSR count). The normalized spacial score (nSPS) is 11.4. The Balaban J connectivity index is 1.98. The third-order valence-electron chi connectivity index (χ3n) is 3.48. The van der Waals surface area contributed by atoms with E-state index in [0.717, 1.165) is 9.58 Å². The Hall–Kier alpha value is -2.67. The number of nitrogens with one attached hydrogen (secondary N) is 1. The molecule has 0 radical (unpaired) electrons. The quantitative estimate of drug-likeness (QED) is 0.618. The molecule has 0 saturated heterocycles. The molecule has 110 valence electrons. The zero-order chi connectivity index (χ0) is 15.3. The third-order valence-corrected chi connectivity index (χ3v) is 4.64. The molecule has 0 bridgehead atoms. The summed E-state index contributed by atoms with van der Waals surface area (Å²) < 4.78 is 21.5. The fourth-order valence-corrected chi connectivity index (χ4v) is 3.55. The van der Waals surface area contributed by atoms with Gasteiger partial charge in [0.15, 0.2) is 5.65 Å². The number of aromatic nitrogens is 3. The van der Waals surface area contributed by atoms with Crippen LogP contribution in [0.4, 0.5) is 4.39 Å². The highest BCUT2D eigenvalue weighted by atomic mass is 32.1. The lowest BCUT2D eigenvalue weighted by Crippen LogP contribution is -2.14. The van der Waals surface area contributed by atoms with Crippen molar-refractivity contribution in [2.45, 2.75) is 0 Å². The van der Waals surface area contributed by atoms with Gasteiger partial charge in [-0.15, -0.1) is 11.3 Å². The van der Waals surface area contributed by atoms with Crippen LogP contribution in [0, 0.1) is 5.82 Å². The first-order valence-electron chi connectivity index (χ1n) is 6.50. The molecule has 0 spiro atoms. The fourth-order valence-electron chi connectivity index (χ4n) is 2.42. The summed E-state index contributed by atoms with van der Waals surface area (Å²) in [6, 6.07) is 6.48. The number of fused-ring (bicyclic) bond motifs is 3. The molecule has 0 atom stereocenters. The van der Waals surface area contributed by atoms with E-state index in [2.05, 4.69) is 9.97 Å². The highest BCUT2D eigenvalue weighted by molar-refractivity contribution is 7.22. The first-order chi connectivity index (χ1) is 10.7. The molecule has 1 N–H and O–H groups in total. The van der Waals surface area contributed by atoms with Crippen molar-refractivity contribution in [3.05, 3.63) is 53.0 Å². The molecular formula is C15H10FN3O2S. The number of aromatic amines is 1. The molecule has 3 heterocycles. The van der Waals surface area contributed by atoms with Crippen LogP contribution >= 0.6 is 11.3 Å². The lowest BCUT2D eigenvalue weighted by molar-refractivity contribution is 0.411. The van der Waals surface area contributed by atoms with E-state index in [-0.39, 0.29) is 11.5 Å². The minimum absolute atomic E-state index is 0.264. The predicted octanol–water partition coefficient (Wildman–Crippen LogP) is 3.05. The lowest BCUT2D eigenvalue weighted by Gasteiger charge is -2.03. The number of halogens is 1. The Morgan fingerprint density at radius 3 is 3.00 bits per heavy atom. The van der Waals surface area contributed by atoms with Crippen LogP contribution in [0.15, 0.2) is 41.5 Å². The van der Waals surface area contributed by atoms with Gasteiger partial charge >= 0.3 is 5.69 Å². The maximum atomic E-state index is 14.2. The van der Waals surface area contributed by atoms with Crippen LogP contribution in [-0.4, -0.2) is 21.5 Å². The van der Waals surface area contributed by atoms with Crippen LogP contribution in [0.25, 0.3) is 26.3 Å². The molecule has 0 fully saturated rings. The van der Waals surface area contributed by atoms with Crippen molar-refractivity contribution < 1.29 is 9.13 Å². The molecule has 3 aromatic heterocycles. The number of ether oxygens (including phenoxy) is 1. The van der Waals surface area contributed by atoms with Gasteiger partial charge < -0.3 is 9.72 Å². The predicted molar refractivity (Wildman–Crippen MR) is 83.1 cm³/mol. The SMILES string of the molecule is COc1ccc(-c2cc3[nH]c(=O)n4ccnc4c3s2)c(F)c1. The number of thiophene rings is 1. The summed E-state index contributed by atoms with van der Waals surface area (Å²) in [5, 5.41) is 0. The van der Waals surface area contributed by atoms with E-state index < -0.39 is 0 Å². The number of methoxy groups -OCH3 is 1. The molecule has 0 saturated carbocycles. The smallest absolute Gasteiger partial charge is 0.331 e. The van der Waals surface area contributed by atoms with Crippen molar-refractivity contribution in [3.63, 3.8) is 0 Å². The van der Waals surface area contributed by atoms with Crippen LogP contribution < -0.4 is 10.4 Å². The zero-order valence-corrected chi connectivity index (χ0v) is 12.3. The van der Waals surface area contributed by atoms with E-state index in [4.69, 9.17) is 4.74 Å². The second-order valence-electron chi connectivity index (χ2n) is 4.75. The Bertz CT molecular complexity index is 1060. The number of hydrogen-bond acceptors (Lipinski definition) is 4. The Morgan fingerprint density at radius 2 is 2.23 bits per heavy atom. The van der Waals surface area contributed by atoms with Gasteiger partial charge in [-0.25, -0.2) is 14.2 Å². The van der Waals surface area contributed by atoms with Gasteiger partial charge in [0.1, 0.15) is 11.6 Å². The van der Waals surface area contributed by atoms with Crippen LogP contribution in [0.3, 0.4) is 0 Å². The highest BCUT2D eigenvalue weighted by Crippen LogP contribution is 2.36. The average molecular weight is 315 g/mol. The van der Waals surface area contributed by atoms with Crippen molar-refractivity contribution in [3.8, 4) is 16.2 Å². The summed E-state index contributed by atoms with van der Waals surface area (Å²) in [5.41, 5.74) is 1.43. The van der Waals surface area contributed by atoms with E-state index in [1.54, 1.807) is 30.6 Å². The summed E-state index contributed by atoms with van der Waals surface area (Å²) in [6.07, 6.45) is 3.17. The minimum atomic E-state index is -0.368. The van der Waals surface area contributed by atoms with Crippen molar-refractivity contribution >= 4 is 27.2 Å². The van der Waals surface area contributed by atoms with Gasteiger partial charge in [0.25, 0.3) is 0 Å². The third kappa shape index (κ3) is 1.82. The van der Waals surface area contributed by atoms with Gasteiger partial charge in [-0.1, -0.05) is 0 Å². The van der Waals surface area contributed by atoms with E-state index in [0.29, 0.717) is 22.5 Å². The average Bonchev–Trinajstić information content (AvgIpc) is 3.13. The largest absolute Gasteiger partial charge is 0.497 e. The second-order valence-corrected chi connectivity index (χ2v) is 5.80. The molecule has 1 aromatic carbocycles. The Labute approximate surface area is 127 Å². The zero-order valence-electron chi connectivity index (χ0n) is 11.5. The van der Waals surface area contributed by atoms with Crippen LogP contribution in [-0.2, 0) is 0 Å². The topological polar surface area (TPSA) is 59.4 Å². The number of imidazole rings is 1. The summed E-state index contributed by atoms with van der Waals surface area (Å²) >= 11 is 1.39. The number of benzene rings is 1. The molecule has 4 aromatic rings. The number of rotatable bonds is 2. The fraction of sp³-hybridized carbons (Fsp3) is 0.0667. The monoisotopic (exact) mass is 315 g/mol. The molecule has 7 heteroatoms. The van der Waals surface area contributed by atoms with Gasteiger partial charge in [0.05, 0.1) is 17.3 Å². The lowest BCUT2D eigenvalue weighted by atomic mass is 10.1. The molecule has 0 aliphatic heterocycles. The van der Waals surface area contributed by atoms with Gasteiger partial charge in [-0.3, -0.25) is 4.40 Å². The van der Waals surface area contributed by atoms with Gasteiger partial charge in [-0.2, -0.15) is 0 Å². The van der Waals surface area contributed by atoms with E-state index in [1.165, 1.54) is 28.9 Å². The molecule has 0 aliphatic carbocycles. The molecule has 0 amide bonds. The summed E-state index contributed by atoms with van der Waals surface area (Å²) in [6.45, 7) is 0. The Kier molecular flexibility index (Phi) is 2.77. The molecule has 0 aliphatic rings. The first kappa shape index (κ1) is 13.0. The Morgan fingerprint density at radius 1 is 1.36 bits per heavy atom. The highest BCUT2D eigenvalue weighted by Gasteiger charge is 2.14. The summed E-state index contributed by atoms with van der Waals surface area (Å²) in [5.74, 6) is 0.0963. The number of nitrogens with zero attached hydrogens (tertiary/aromatic N) is 2. The van der Waals surface area contributed by atoms with E-state index in [1.807, 2.05) is 0 Å². The van der Waals surface area contributed by atoms with E-state index in [9.17, 15) is 9.18 Å². The van der Waals surface area contributed by atoms with Gasteiger partial charge in [0.2, 0.25) is 0 Å². The maximum absolute atomic E-state index is 14.2. The van der Waals surface area contributed by atoms with Crippen molar-refractivity contribution in [1.29, 1.82) is 0 Å². The van der Waals surface area contributed by atoms with Gasteiger partial charge in [0, 0.05) is 28.9 Å². The van der Waals surface area contributed by atoms with Crippen LogP contribution in [0.1, 0.15) is 0 Å². The number of H-pyrrole nitrogens is 1. The summed E-state index contributed by atoms with van der Waals surface area (Å²) in [4.78, 5) is 19.6. The van der Waals surface area contributed by atoms with Crippen LogP contribution in [0.5, 0.6) is 5.75 Å². The second kappa shape index (κ2) is 4.67. The van der Waals surface area contributed by atoms with Crippen LogP contribution in [0.2, 0.25) is 0 Å². The van der Waals surface area contributed by atoms with Crippen molar-refractivity contribution in [2.75, 3.05) is 7.11 Å². The van der Waals surface area contributed by atoms with E-state index >= 15 is 0 Å². The summed E-state index contributed by atoms with van der Waals surface area (Å²) in [7, 11) is 1.49. The molecular weight excluding hydrogens is 305 g/mol.